The molecule has 0 saturated carbocycles. The van der Waals surface area contributed by atoms with Gasteiger partial charge in [-0.25, -0.2) is 0 Å². The molecule has 0 aliphatic carbocycles. The van der Waals surface area contributed by atoms with Crippen LogP contribution in [0.2, 0.25) is 0 Å². The monoisotopic (exact) mass is 330 g/mol. The Morgan fingerprint density at radius 3 is 2.09 bits per heavy atom. The van der Waals surface area contributed by atoms with Gasteiger partial charge in [0.25, 0.3) is 0 Å². The Morgan fingerprint density at radius 1 is 0.957 bits per heavy atom. The summed E-state index contributed by atoms with van der Waals surface area (Å²) in [5.41, 5.74) is 3.55. The maximum atomic E-state index is 9.99. The smallest absolute Gasteiger partial charge is 0.137 e. The Balaban J connectivity index is 2.50. The van der Waals surface area contributed by atoms with Gasteiger partial charge in [0.15, 0.2) is 0 Å². The van der Waals surface area contributed by atoms with Gasteiger partial charge in [0.2, 0.25) is 0 Å². The SMILES string of the molecule is CCc1cc(C(CC)(CC)c2ccc(OSC)cc2)ccc1O. The molecule has 0 aliphatic heterocycles. The Hall–Kier alpha value is -1.61. The molecule has 2 aromatic carbocycles. The van der Waals surface area contributed by atoms with E-state index in [4.69, 9.17) is 4.18 Å². The van der Waals surface area contributed by atoms with Crippen LogP contribution in [0, 0.1) is 0 Å². The van der Waals surface area contributed by atoms with Crippen LogP contribution in [0.4, 0.5) is 0 Å². The van der Waals surface area contributed by atoms with Crippen molar-refractivity contribution >= 4 is 12.0 Å². The Morgan fingerprint density at radius 2 is 1.57 bits per heavy atom. The van der Waals surface area contributed by atoms with Crippen LogP contribution >= 0.6 is 12.0 Å². The van der Waals surface area contributed by atoms with Crippen molar-refractivity contribution in [3.8, 4) is 11.5 Å². The zero-order valence-corrected chi connectivity index (χ0v) is 15.2. The van der Waals surface area contributed by atoms with E-state index in [0.29, 0.717) is 5.75 Å². The first-order valence-electron chi connectivity index (χ1n) is 8.24. The van der Waals surface area contributed by atoms with Gasteiger partial charge in [-0.05, 0) is 54.2 Å². The molecule has 124 valence electrons. The van der Waals surface area contributed by atoms with Crippen LogP contribution in [0.3, 0.4) is 0 Å². The van der Waals surface area contributed by atoms with Gasteiger partial charge in [0.05, 0.1) is 12.0 Å². The third-order valence-electron chi connectivity index (χ3n) is 4.81. The minimum absolute atomic E-state index is 0.0322. The van der Waals surface area contributed by atoms with Crippen LogP contribution in [0.25, 0.3) is 0 Å². The van der Waals surface area contributed by atoms with Crippen LogP contribution in [0.15, 0.2) is 42.5 Å². The summed E-state index contributed by atoms with van der Waals surface area (Å²) in [6, 6.07) is 14.5. The van der Waals surface area contributed by atoms with Crippen molar-refractivity contribution < 1.29 is 9.29 Å². The zero-order chi connectivity index (χ0) is 16.9. The predicted octanol–water partition coefficient (Wildman–Crippen LogP) is 5.72. The van der Waals surface area contributed by atoms with Gasteiger partial charge < -0.3 is 9.29 Å². The second kappa shape index (κ2) is 7.78. The van der Waals surface area contributed by atoms with Gasteiger partial charge in [-0.2, -0.15) is 0 Å². The van der Waals surface area contributed by atoms with E-state index in [2.05, 4.69) is 45.0 Å². The van der Waals surface area contributed by atoms with Gasteiger partial charge in [-0.3, -0.25) is 0 Å². The lowest BCUT2D eigenvalue weighted by molar-refractivity contribution is 0.459. The summed E-state index contributed by atoms with van der Waals surface area (Å²) in [5, 5.41) is 9.99. The van der Waals surface area contributed by atoms with E-state index in [9.17, 15) is 5.11 Å². The first-order chi connectivity index (χ1) is 11.1. The normalized spacial score (nSPS) is 11.5. The molecule has 0 bridgehead atoms. The molecule has 0 aromatic heterocycles. The second-order valence-corrected chi connectivity index (χ2v) is 6.26. The van der Waals surface area contributed by atoms with Crippen molar-refractivity contribution in [1.82, 2.24) is 0 Å². The Labute approximate surface area is 144 Å². The van der Waals surface area contributed by atoms with Gasteiger partial charge in [0, 0.05) is 11.7 Å². The molecule has 0 fully saturated rings. The van der Waals surface area contributed by atoms with Crippen molar-refractivity contribution in [2.45, 2.75) is 45.4 Å². The molecule has 0 radical (unpaired) electrons. The van der Waals surface area contributed by atoms with E-state index in [-0.39, 0.29) is 5.41 Å². The Kier molecular flexibility index (Phi) is 6.00. The second-order valence-electron chi connectivity index (χ2n) is 5.76. The number of aromatic hydroxyl groups is 1. The first-order valence-corrected chi connectivity index (χ1v) is 9.39. The summed E-state index contributed by atoms with van der Waals surface area (Å²) in [5.74, 6) is 1.27. The maximum absolute atomic E-state index is 9.99. The van der Waals surface area contributed by atoms with Crippen molar-refractivity contribution in [3.05, 3.63) is 59.2 Å². The lowest BCUT2D eigenvalue weighted by atomic mass is 9.70. The number of rotatable bonds is 7. The number of phenols is 1. The lowest BCUT2D eigenvalue weighted by Gasteiger charge is -2.34. The van der Waals surface area contributed by atoms with E-state index < -0.39 is 0 Å². The molecule has 2 nitrogen and oxygen atoms in total. The molecule has 0 heterocycles. The van der Waals surface area contributed by atoms with Gasteiger partial charge >= 0.3 is 0 Å². The summed E-state index contributed by atoms with van der Waals surface area (Å²) < 4.78 is 5.48. The largest absolute Gasteiger partial charge is 0.508 e. The average Bonchev–Trinajstić information content (AvgIpc) is 2.59. The molecule has 3 heteroatoms. The molecule has 0 unspecified atom stereocenters. The topological polar surface area (TPSA) is 29.5 Å². The first kappa shape index (κ1) is 17.7. The molecular weight excluding hydrogens is 304 g/mol. The molecule has 23 heavy (non-hydrogen) atoms. The fourth-order valence-corrected chi connectivity index (χ4v) is 3.63. The summed E-state index contributed by atoms with van der Waals surface area (Å²) in [4.78, 5) is 0. The highest BCUT2D eigenvalue weighted by atomic mass is 32.2. The van der Waals surface area contributed by atoms with Crippen molar-refractivity contribution in [2.24, 2.45) is 0 Å². The van der Waals surface area contributed by atoms with E-state index in [1.165, 1.54) is 23.2 Å². The molecule has 2 rings (SSSR count). The fraction of sp³-hybridized carbons (Fsp3) is 0.400. The van der Waals surface area contributed by atoms with Gasteiger partial charge in [-0.15, -0.1) is 0 Å². The molecule has 1 N–H and O–H groups in total. The van der Waals surface area contributed by atoms with Crippen LogP contribution < -0.4 is 4.18 Å². The standard InChI is InChI=1S/C20H26O2S/c1-5-15-14-17(10-13-19(15)21)20(6-2,7-3)16-8-11-18(12-9-16)22-23-4/h8-14,21H,5-7H2,1-4H3. The third kappa shape index (κ3) is 3.50. The quantitative estimate of drug-likeness (QED) is 0.659. The maximum Gasteiger partial charge on any atom is 0.137 e. The van der Waals surface area contributed by atoms with Crippen molar-refractivity contribution in [2.75, 3.05) is 6.26 Å². The van der Waals surface area contributed by atoms with E-state index in [1.807, 2.05) is 24.5 Å². The van der Waals surface area contributed by atoms with Crippen molar-refractivity contribution in [3.63, 3.8) is 0 Å². The summed E-state index contributed by atoms with van der Waals surface area (Å²) in [7, 11) is 0. The van der Waals surface area contributed by atoms with Crippen LogP contribution in [-0.4, -0.2) is 11.4 Å². The van der Waals surface area contributed by atoms with E-state index in [1.54, 1.807) is 0 Å². The summed E-state index contributed by atoms with van der Waals surface area (Å²) >= 11 is 1.35. The van der Waals surface area contributed by atoms with Gasteiger partial charge in [0.1, 0.15) is 11.5 Å². The third-order valence-corrected chi connectivity index (χ3v) is 5.17. The molecule has 0 saturated heterocycles. The molecule has 0 spiro atoms. The minimum Gasteiger partial charge on any atom is -0.508 e. The molecule has 2 aromatic rings. The highest BCUT2D eigenvalue weighted by Crippen LogP contribution is 2.40. The van der Waals surface area contributed by atoms with Crippen LogP contribution in [0.1, 0.15) is 50.3 Å². The van der Waals surface area contributed by atoms with Crippen LogP contribution in [-0.2, 0) is 11.8 Å². The zero-order valence-electron chi connectivity index (χ0n) is 14.4. The highest BCUT2D eigenvalue weighted by Gasteiger charge is 2.31. The average molecular weight is 330 g/mol. The number of hydrogen-bond acceptors (Lipinski definition) is 3. The van der Waals surface area contributed by atoms with E-state index in [0.717, 1.165) is 30.6 Å². The van der Waals surface area contributed by atoms with Crippen LogP contribution in [0.5, 0.6) is 11.5 Å². The molecular formula is C20H26O2S. The number of hydrogen-bond donors (Lipinski definition) is 1. The van der Waals surface area contributed by atoms with Crippen molar-refractivity contribution in [1.29, 1.82) is 0 Å². The van der Waals surface area contributed by atoms with E-state index >= 15 is 0 Å². The predicted molar refractivity (Wildman–Crippen MR) is 99.4 cm³/mol. The molecule has 0 amide bonds. The highest BCUT2D eigenvalue weighted by molar-refractivity contribution is 7.94. The number of aryl methyl sites for hydroxylation is 1. The number of benzene rings is 2. The van der Waals surface area contributed by atoms with Gasteiger partial charge in [-0.1, -0.05) is 45.0 Å². The minimum atomic E-state index is -0.0322. The summed E-state index contributed by atoms with van der Waals surface area (Å²) in [6.07, 6.45) is 4.78. The lowest BCUT2D eigenvalue weighted by Crippen LogP contribution is -2.26. The molecule has 0 atom stereocenters. The fourth-order valence-electron chi connectivity index (χ4n) is 3.33. The number of phenolic OH excluding ortho intramolecular Hbond substituents is 1. The summed E-state index contributed by atoms with van der Waals surface area (Å²) in [6.45, 7) is 6.54. The molecule has 0 aliphatic rings. The Bertz CT molecular complexity index is 631.